The van der Waals surface area contributed by atoms with E-state index in [-0.39, 0.29) is 0 Å². The predicted octanol–water partition coefficient (Wildman–Crippen LogP) is 2.16. The highest BCUT2D eigenvalue weighted by molar-refractivity contribution is 5.97. The minimum atomic E-state index is -0.530. The number of carbonyl (C=O) groups is 2. The van der Waals surface area contributed by atoms with Crippen LogP contribution in [0.5, 0.6) is 5.75 Å². The van der Waals surface area contributed by atoms with Crippen LogP contribution in [-0.2, 0) is 0 Å². The average molecular weight is 285 g/mol. The second-order valence-electron chi connectivity index (χ2n) is 4.13. The molecule has 0 aliphatic carbocycles. The van der Waals surface area contributed by atoms with Gasteiger partial charge in [-0.1, -0.05) is 24.3 Å². The van der Waals surface area contributed by atoms with Crippen molar-refractivity contribution in [2.75, 3.05) is 12.4 Å². The molecule has 0 saturated carbocycles. The van der Waals surface area contributed by atoms with Gasteiger partial charge >= 0.3 is 6.03 Å². The molecule has 0 atom stereocenters. The van der Waals surface area contributed by atoms with Crippen LogP contribution in [0.4, 0.5) is 10.5 Å². The van der Waals surface area contributed by atoms with E-state index in [2.05, 4.69) is 16.2 Å². The SMILES string of the molecule is COc1cccc(C(=O)NNC(=O)Nc2ccccc2)c1. The van der Waals surface area contributed by atoms with E-state index >= 15 is 0 Å². The molecule has 6 heteroatoms. The van der Waals surface area contributed by atoms with Crippen molar-refractivity contribution in [2.24, 2.45) is 0 Å². The van der Waals surface area contributed by atoms with E-state index < -0.39 is 11.9 Å². The molecule has 3 N–H and O–H groups in total. The normalized spacial score (nSPS) is 9.57. The summed E-state index contributed by atoms with van der Waals surface area (Å²) in [7, 11) is 1.52. The van der Waals surface area contributed by atoms with Crippen molar-refractivity contribution in [1.29, 1.82) is 0 Å². The van der Waals surface area contributed by atoms with Crippen molar-refractivity contribution in [3.05, 3.63) is 60.2 Å². The Morgan fingerprint density at radius 3 is 2.43 bits per heavy atom. The van der Waals surface area contributed by atoms with Gasteiger partial charge in [-0.3, -0.25) is 10.2 Å². The Labute approximate surface area is 122 Å². The summed E-state index contributed by atoms with van der Waals surface area (Å²) in [6.07, 6.45) is 0. The maximum absolute atomic E-state index is 11.9. The Bertz CT molecular complexity index is 629. The predicted molar refractivity (Wildman–Crippen MR) is 79.1 cm³/mol. The Kier molecular flexibility index (Phi) is 4.76. The fraction of sp³-hybridized carbons (Fsp3) is 0.0667. The second-order valence-corrected chi connectivity index (χ2v) is 4.13. The number of methoxy groups -OCH3 is 1. The molecule has 6 nitrogen and oxygen atoms in total. The van der Waals surface area contributed by atoms with Crippen molar-refractivity contribution in [1.82, 2.24) is 10.9 Å². The molecule has 0 saturated heterocycles. The highest BCUT2D eigenvalue weighted by Crippen LogP contribution is 2.12. The Morgan fingerprint density at radius 2 is 1.71 bits per heavy atom. The Morgan fingerprint density at radius 1 is 0.952 bits per heavy atom. The van der Waals surface area contributed by atoms with E-state index in [9.17, 15) is 9.59 Å². The quantitative estimate of drug-likeness (QED) is 0.756. The van der Waals surface area contributed by atoms with Crippen LogP contribution in [0.3, 0.4) is 0 Å². The van der Waals surface area contributed by atoms with E-state index in [4.69, 9.17) is 4.74 Å². The first-order valence-electron chi connectivity index (χ1n) is 6.25. The van der Waals surface area contributed by atoms with Crippen molar-refractivity contribution in [3.63, 3.8) is 0 Å². The number of urea groups is 1. The van der Waals surface area contributed by atoms with Gasteiger partial charge in [-0.15, -0.1) is 0 Å². The largest absolute Gasteiger partial charge is 0.497 e. The lowest BCUT2D eigenvalue weighted by atomic mass is 10.2. The minimum absolute atomic E-state index is 0.384. The molecule has 0 radical (unpaired) electrons. The van der Waals surface area contributed by atoms with Gasteiger partial charge in [0.2, 0.25) is 0 Å². The molecule has 3 amide bonds. The summed E-state index contributed by atoms with van der Waals surface area (Å²) in [6, 6.07) is 15.0. The van der Waals surface area contributed by atoms with E-state index in [1.807, 2.05) is 6.07 Å². The summed E-state index contributed by atoms with van der Waals surface area (Å²) in [4.78, 5) is 23.5. The number of rotatable bonds is 3. The number of carbonyl (C=O) groups excluding carboxylic acids is 2. The van der Waals surface area contributed by atoms with Crippen molar-refractivity contribution in [3.8, 4) is 5.75 Å². The average Bonchev–Trinajstić information content (AvgIpc) is 2.53. The summed E-state index contributed by atoms with van der Waals surface area (Å²) < 4.78 is 5.03. The van der Waals surface area contributed by atoms with E-state index in [1.54, 1.807) is 48.5 Å². The molecule has 0 heterocycles. The van der Waals surface area contributed by atoms with Gasteiger partial charge in [0.1, 0.15) is 5.75 Å². The summed E-state index contributed by atoms with van der Waals surface area (Å²) in [5.74, 6) is 0.133. The summed E-state index contributed by atoms with van der Waals surface area (Å²) in [5, 5.41) is 2.58. The molecule has 0 spiro atoms. The van der Waals surface area contributed by atoms with Crippen LogP contribution in [0.25, 0.3) is 0 Å². The topological polar surface area (TPSA) is 79.5 Å². The molecule has 2 aromatic carbocycles. The lowest BCUT2D eigenvalue weighted by Gasteiger charge is -2.09. The number of para-hydroxylation sites is 1. The lowest BCUT2D eigenvalue weighted by molar-refractivity contribution is 0.0937. The summed E-state index contributed by atoms with van der Waals surface area (Å²) >= 11 is 0. The van der Waals surface area contributed by atoms with E-state index in [1.165, 1.54) is 7.11 Å². The van der Waals surface area contributed by atoms with Crippen LogP contribution in [0.2, 0.25) is 0 Å². The first-order valence-corrected chi connectivity index (χ1v) is 6.25. The van der Waals surface area contributed by atoms with E-state index in [0.717, 1.165) is 0 Å². The monoisotopic (exact) mass is 285 g/mol. The molecular weight excluding hydrogens is 270 g/mol. The molecule has 0 aliphatic rings. The van der Waals surface area contributed by atoms with E-state index in [0.29, 0.717) is 17.0 Å². The van der Waals surface area contributed by atoms with Crippen molar-refractivity contribution in [2.45, 2.75) is 0 Å². The van der Waals surface area contributed by atoms with Crippen LogP contribution >= 0.6 is 0 Å². The number of nitrogens with one attached hydrogen (secondary N) is 3. The fourth-order valence-electron chi connectivity index (χ4n) is 1.63. The molecule has 108 valence electrons. The smallest absolute Gasteiger partial charge is 0.337 e. The number of hydrogen-bond acceptors (Lipinski definition) is 3. The molecule has 0 fully saturated rings. The minimum Gasteiger partial charge on any atom is -0.497 e. The zero-order valence-electron chi connectivity index (χ0n) is 11.4. The summed E-state index contributed by atoms with van der Waals surface area (Å²) in [6.45, 7) is 0. The molecule has 0 bridgehead atoms. The highest BCUT2D eigenvalue weighted by atomic mass is 16.5. The van der Waals surface area contributed by atoms with Crippen LogP contribution in [0, 0.1) is 0 Å². The van der Waals surface area contributed by atoms with Crippen LogP contribution in [-0.4, -0.2) is 19.0 Å². The second kappa shape index (κ2) is 6.95. The lowest BCUT2D eigenvalue weighted by Crippen LogP contribution is -2.43. The first-order chi connectivity index (χ1) is 10.2. The highest BCUT2D eigenvalue weighted by Gasteiger charge is 2.08. The molecule has 21 heavy (non-hydrogen) atoms. The van der Waals surface area contributed by atoms with Gasteiger partial charge in [0.25, 0.3) is 5.91 Å². The van der Waals surface area contributed by atoms with Crippen molar-refractivity contribution < 1.29 is 14.3 Å². The zero-order chi connectivity index (χ0) is 15.1. The number of benzene rings is 2. The van der Waals surface area contributed by atoms with Gasteiger partial charge in [0, 0.05) is 11.3 Å². The van der Waals surface area contributed by atoms with Crippen LogP contribution < -0.4 is 20.9 Å². The standard InChI is InChI=1S/C15H15N3O3/c1-21-13-9-5-6-11(10-13)14(19)17-18-15(20)16-12-7-3-2-4-8-12/h2-10H,1H3,(H,17,19)(H2,16,18,20). The molecule has 2 aromatic rings. The van der Waals surface area contributed by atoms with Gasteiger partial charge < -0.3 is 10.1 Å². The van der Waals surface area contributed by atoms with Crippen LogP contribution in [0.15, 0.2) is 54.6 Å². The third-order valence-corrected chi connectivity index (χ3v) is 2.65. The Hall–Kier alpha value is -3.02. The molecular formula is C15H15N3O3. The number of anilines is 1. The molecule has 0 aliphatic heterocycles. The van der Waals surface area contributed by atoms with Gasteiger partial charge in [-0.05, 0) is 30.3 Å². The van der Waals surface area contributed by atoms with Crippen molar-refractivity contribution >= 4 is 17.6 Å². The summed E-state index contributed by atoms with van der Waals surface area (Å²) in [5.41, 5.74) is 5.60. The maximum Gasteiger partial charge on any atom is 0.337 e. The molecule has 0 unspecified atom stereocenters. The third kappa shape index (κ3) is 4.24. The molecule has 0 aromatic heterocycles. The Balaban J connectivity index is 1.87. The van der Waals surface area contributed by atoms with Gasteiger partial charge in [0.15, 0.2) is 0 Å². The number of hydrogen-bond donors (Lipinski definition) is 3. The first kappa shape index (κ1) is 14.4. The fourth-order valence-corrected chi connectivity index (χ4v) is 1.63. The van der Waals surface area contributed by atoms with Gasteiger partial charge in [-0.25, -0.2) is 10.2 Å². The molecule has 2 rings (SSSR count). The maximum atomic E-state index is 11.9. The number of ether oxygens (including phenoxy) is 1. The number of hydrazine groups is 1. The zero-order valence-corrected chi connectivity index (χ0v) is 11.4. The van der Waals surface area contributed by atoms with Gasteiger partial charge in [-0.2, -0.15) is 0 Å². The van der Waals surface area contributed by atoms with Gasteiger partial charge in [0.05, 0.1) is 7.11 Å². The van der Waals surface area contributed by atoms with Crippen LogP contribution in [0.1, 0.15) is 10.4 Å². The third-order valence-electron chi connectivity index (χ3n) is 2.65. The number of amides is 3.